The lowest BCUT2D eigenvalue weighted by atomic mass is 9.85. The van der Waals surface area contributed by atoms with Gasteiger partial charge in [-0.25, -0.2) is 9.69 Å². The second-order valence-corrected chi connectivity index (χ2v) is 10.6. The van der Waals surface area contributed by atoms with E-state index >= 15 is 0 Å². The molecule has 0 aliphatic carbocycles. The molecule has 3 aliphatic rings. The number of piperidine rings is 1. The van der Waals surface area contributed by atoms with E-state index in [-0.39, 0.29) is 11.9 Å². The van der Waals surface area contributed by atoms with Crippen molar-refractivity contribution in [2.75, 3.05) is 42.5 Å². The lowest BCUT2D eigenvalue weighted by molar-refractivity contribution is -0.127. The maximum absolute atomic E-state index is 13.9. The highest BCUT2D eigenvalue weighted by Gasteiger charge is 2.57. The minimum absolute atomic E-state index is 0.0874. The number of carbonyl (C=O) groups is 2. The molecule has 3 saturated heterocycles. The average Bonchev–Trinajstić information content (AvgIpc) is 3.57. The second kappa shape index (κ2) is 10.2. The summed E-state index contributed by atoms with van der Waals surface area (Å²) in [5.74, 6) is -0.0874. The number of nitrogens with zero attached hydrogens (tertiary/aromatic N) is 5. The predicted octanol–water partition coefficient (Wildman–Crippen LogP) is 5.17. The van der Waals surface area contributed by atoms with Gasteiger partial charge in [-0.1, -0.05) is 24.3 Å². The van der Waals surface area contributed by atoms with E-state index in [0.717, 1.165) is 43.9 Å². The molecule has 3 fully saturated rings. The van der Waals surface area contributed by atoms with Crippen LogP contribution in [0.3, 0.4) is 0 Å². The molecule has 3 aromatic rings. The van der Waals surface area contributed by atoms with E-state index in [2.05, 4.69) is 39.0 Å². The monoisotopic (exact) mass is 509 g/mol. The maximum Gasteiger partial charge on any atom is 0.332 e. The molecular formula is C31H35N5O2. The molecule has 3 aliphatic heterocycles. The standard InChI is InChI=1S/C31H35N5O2/c1-2-35-30(38)36(28-11-7-25(8-12-28)26-13-17-32-18-14-26)29(37)31(35)15-21-33(22-16-31)23-24-5-9-27(10-6-24)34-19-3-4-20-34/h5-14,17-18H,2-4,15-16,19-23H2,1H3. The van der Waals surface area contributed by atoms with Crippen molar-refractivity contribution in [3.05, 3.63) is 78.6 Å². The van der Waals surface area contributed by atoms with Gasteiger partial charge in [-0.3, -0.25) is 14.7 Å². The molecule has 2 aromatic carbocycles. The number of anilines is 2. The molecule has 0 radical (unpaired) electrons. The Labute approximate surface area is 224 Å². The number of urea groups is 1. The lowest BCUT2D eigenvalue weighted by Crippen LogP contribution is -2.56. The van der Waals surface area contributed by atoms with E-state index in [1.807, 2.05) is 43.3 Å². The Morgan fingerprint density at radius 2 is 1.37 bits per heavy atom. The highest BCUT2D eigenvalue weighted by Crippen LogP contribution is 2.40. The largest absolute Gasteiger partial charge is 0.372 e. The van der Waals surface area contributed by atoms with E-state index in [4.69, 9.17) is 0 Å². The topological polar surface area (TPSA) is 60.0 Å². The molecule has 4 heterocycles. The summed E-state index contributed by atoms with van der Waals surface area (Å²) in [5.41, 5.74) is 4.56. The van der Waals surface area contributed by atoms with Crippen LogP contribution in [0.15, 0.2) is 73.1 Å². The maximum atomic E-state index is 13.9. The van der Waals surface area contributed by atoms with Crippen LogP contribution in [0.25, 0.3) is 11.1 Å². The molecule has 3 amide bonds. The van der Waals surface area contributed by atoms with Crippen molar-refractivity contribution in [3.8, 4) is 11.1 Å². The summed E-state index contributed by atoms with van der Waals surface area (Å²) in [5, 5.41) is 0. The quantitative estimate of drug-likeness (QED) is 0.429. The van der Waals surface area contributed by atoms with Gasteiger partial charge in [0.15, 0.2) is 0 Å². The van der Waals surface area contributed by atoms with Gasteiger partial charge in [0, 0.05) is 57.3 Å². The summed E-state index contributed by atoms with van der Waals surface area (Å²) in [7, 11) is 0. The Kier molecular flexibility index (Phi) is 6.62. The molecule has 0 bridgehead atoms. The van der Waals surface area contributed by atoms with Gasteiger partial charge < -0.3 is 9.80 Å². The first-order chi connectivity index (χ1) is 18.6. The zero-order valence-electron chi connectivity index (χ0n) is 22.1. The molecule has 6 rings (SSSR count). The lowest BCUT2D eigenvalue weighted by Gasteiger charge is -2.41. The van der Waals surface area contributed by atoms with Crippen molar-refractivity contribution in [1.29, 1.82) is 0 Å². The van der Waals surface area contributed by atoms with E-state index in [0.29, 0.717) is 25.1 Å². The number of likely N-dealkylation sites (tertiary alicyclic amines) is 1. The van der Waals surface area contributed by atoms with Crippen LogP contribution < -0.4 is 9.80 Å². The first kappa shape index (κ1) is 24.6. The van der Waals surface area contributed by atoms with E-state index in [9.17, 15) is 9.59 Å². The van der Waals surface area contributed by atoms with Crippen LogP contribution in [0.5, 0.6) is 0 Å². The van der Waals surface area contributed by atoms with Crippen LogP contribution in [-0.4, -0.2) is 65.0 Å². The number of imide groups is 1. The first-order valence-corrected chi connectivity index (χ1v) is 13.8. The summed E-state index contributed by atoms with van der Waals surface area (Å²) < 4.78 is 0. The van der Waals surface area contributed by atoms with Crippen molar-refractivity contribution in [2.24, 2.45) is 0 Å². The van der Waals surface area contributed by atoms with E-state index < -0.39 is 5.54 Å². The Balaban J connectivity index is 1.14. The minimum Gasteiger partial charge on any atom is -0.372 e. The Bertz CT molecular complexity index is 1280. The zero-order valence-corrected chi connectivity index (χ0v) is 22.1. The summed E-state index contributed by atoms with van der Waals surface area (Å²) in [6, 6.07) is 20.3. The third-order valence-electron chi connectivity index (χ3n) is 8.49. The van der Waals surface area contributed by atoms with Gasteiger partial charge in [0.1, 0.15) is 5.54 Å². The Hall–Kier alpha value is -3.71. The number of aromatic nitrogens is 1. The van der Waals surface area contributed by atoms with Gasteiger partial charge in [0.25, 0.3) is 5.91 Å². The third kappa shape index (κ3) is 4.35. The molecule has 7 heteroatoms. The normalized spacial score (nSPS) is 19.7. The molecule has 1 spiro atoms. The number of amides is 3. The fourth-order valence-electron chi connectivity index (χ4n) is 6.34. The molecule has 38 heavy (non-hydrogen) atoms. The van der Waals surface area contributed by atoms with Gasteiger partial charge in [-0.2, -0.15) is 0 Å². The summed E-state index contributed by atoms with van der Waals surface area (Å²) in [4.78, 5) is 39.5. The molecular weight excluding hydrogens is 474 g/mol. The molecule has 7 nitrogen and oxygen atoms in total. The van der Waals surface area contributed by atoms with Crippen LogP contribution in [-0.2, 0) is 11.3 Å². The van der Waals surface area contributed by atoms with E-state index in [1.165, 1.54) is 29.0 Å². The van der Waals surface area contributed by atoms with Gasteiger partial charge in [-0.05, 0) is 85.7 Å². The summed E-state index contributed by atoms with van der Waals surface area (Å²) >= 11 is 0. The van der Waals surface area contributed by atoms with Gasteiger partial charge in [0.2, 0.25) is 0 Å². The van der Waals surface area contributed by atoms with Crippen molar-refractivity contribution in [1.82, 2.24) is 14.8 Å². The second-order valence-electron chi connectivity index (χ2n) is 10.6. The van der Waals surface area contributed by atoms with Crippen molar-refractivity contribution < 1.29 is 9.59 Å². The number of likely N-dealkylation sites (N-methyl/N-ethyl adjacent to an activating group) is 1. The molecule has 0 atom stereocenters. The van der Waals surface area contributed by atoms with Crippen LogP contribution in [0, 0.1) is 0 Å². The van der Waals surface area contributed by atoms with Crippen LogP contribution in [0.4, 0.5) is 16.2 Å². The van der Waals surface area contributed by atoms with E-state index in [1.54, 1.807) is 17.3 Å². The van der Waals surface area contributed by atoms with Crippen LogP contribution in [0.2, 0.25) is 0 Å². The van der Waals surface area contributed by atoms with Gasteiger partial charge >= 0.3 is 6.03 Å². The van der Waals surface area contributed by atoms with Crippen molar-refractivity contribution in [3.63, 3.8) is 0 Å². The highest BCUT2D eigenvalue weighted by molar-refractivity contribution is 6.23. The smallest absolute Gasteiger partial charge is 0.332 e. The molecule has 0 unspecified atom stereocenters. The van der Waals surface area contributed by atoms with Crippen LogP contribution in [0.1, 0.15) is 38.2 Å². The fraction of sp³-hybridized carbons (Fsp3) is 0.387. The summed E-state index contributed by atoms with van der Waals surface area (Å²) in [6.07, 6.45) is 7.39. The molecule has 0 N–H and O–H groups in total. The Morgan fingerprint density at radius 1 is 0.763 bits per heavy atom. The number of hydrogen-bond donors (Lipinski definition) is 0. The zero-order chi connectivity index (χ0) is 26.1. The van der Waals surface area contributed by atoms with Gasteiger partial charge in [0.05, 0.1) is 5.69 Å². The minimum atomic E-state index is -0.758. The SMILES string of the molecule is CCN1C(=O)N(c2ccc(-c3ccncc3)cc2)C(=O)C12CCN(Cc1ccc(N3CCCC3)cc1)CC2. The van der Waals surface area contributed by atoms with Crippen LogP contribution >= 0.6 is 0 Å². The number of benzene rings is 2. The summed E-state index contributed by atoms with van der Waals surface area (Å²) in [6.45, 7) is 7.24. The average molecular weight is 510 g/mol. The number of pyridine rings is 1. The predicted molar refractivity (Wildman–Crippen MR) is 150 cm³/mol. The molecule has 0 saturated carbocycles. The fourth-order valence-corrected chi connectivity index (χ4v) is 6.34. The van der Waals surface area contributed by atoms with Gasteiger partial charge in [-0.15, -0.1) is 0 Å². The first-order valence-electron chi connectivity index (χ1n) is 13.8. The molecule has 1 aromatic heterocycles. The Morgan fingerprint density at radius 3 is 2.00 bits per heavy atom. The number of rotatable bonds is 6. The number of hydrogen-bond acceptors (Lipinski definition) is 5. The number of carbonyl (C=O) groups excluding carboxylic acids is 2. The third-order valence-corrected chi connectivity index (χ3v) is 8.49. The molecule has 196 valence electrons. The highest BCUT2D eigenvalue weighted by atomic mass is 16.2. The van der Waals surface area contributed by atoms with Crippen molar-refractivity contribution in [2.45, 2.75) is 44.7 Å². The van der Waals surface area contributed by atoms with Crippen molar-refractivity contribution >= 4 is 23.3 Å².